The van der Waals surface area contributed by atoms with Crippen molar-refractivity contribution in [3.8, 4) is 6.07 Å². The van der Waals surface area contributed by atoms with Crippen molar-refractivity contribution in [1.82, 2.24) is 0 Å². The van der Waals surface area contributed by atoms with E-state index in [0.29, 0.717) is 24.2 Å². The lowest BCUT2D eigenvalue weighted by molar-refractivity contribution is -0.115. The highest BCUT2D eigenvalue weighted by Gasteiger charge is 2.08. The molecule has 2 aromatic rings. The van der Waals surface area contributed by atoms with E-state index < -0.39 is 0 Å². The Morgan fingerprint density at radius 3 is 2.50 bits per heavy atom. The number of rotatable bonds is 8. The molecule has 5 heteroatoms. The number of anilines is 3. The van der Waals surface area contributed by atoms with Crippen LogP contribution in [0.4, 0.5) is 17.1 Å². The van der Waals surface area contributed by atoms with Crippen LogP contribution in [0.3, 0.4) is 0 Å². The van der Waals surface area contributed by atoms with Crippen LogP contribution < -0.4 is 15.5 Å². The molecule has 0 fully saturated rings. The summed E-state index contributed by atoms with van der Waals surface area (Å²) in [5.74, 6) is -0.113. The van der Waals surface area contributed by atoms with Gasteiger partial charge in [0.05, 0.1) is 11.3 Å². The molecule has 0 aliphatic rings. The Labute approximate surface area is 155 Å². The van der Waals surface area contributed by atoms with E-state index in [-0.39, 0.29) is 5.91 Å². The fourth-order valence-electron chi connectivity index (χ4n) is 2.84. The molecule has 2 N–H and O–H groups in total. The highest BCUT2D eigenvalue weighted by molar-refractivity contribution is 5.92. The molecule has 0 aromatic heterocycles. The predicted octanol–water partition coefficient (Wildman–Crippen LogP) is 4.15. The number of amides is 1. The molecular formula is C21H26N4O. The van der Waals surface area contributed by atoms with Crippen molar-refractivity contribution in [2.75, 3.05) is 35.2 Å². The quantitative estimate of drug-likeness (QED) is 0.750. The molecule has 136 valence electrons. The Morgan fingerprint density at radius 1 is 1.12 bits per heavy atom. The van der Waals surface area contributed by atoms with Crippen LogP contribution in [0.2, 0.25) is 0 Å². The average Bonchev–Trinajstić information content (AvgIpc) is 2.65. The maximum Gasteiger partial charge on any atom is 0.226 e. The summed E-state index contributed by atoms with van der Waals surface area (Å²) >= 11 is 0. The molecule has 0 atom stereocenters. The monoisotopic (exact) mass is 350 g/mol. The second-order valence-electron chi connectivity index (χ2n) is 6.05. The topological polar surface area (TPSA) is 68.2 Å². The molecule has 2 rings (SSSR count). The first-order valence-electron chi connectivity index (χ1n) is 8.97. The fraction of sp³-hybridized carbons (Fsp3) is 0.333. The largest absolute Gasteiger partial charge is 0.384 e. The van der Waals surface area contributed by atoms with Crippen molar-refractivity contribution in [2.45, 2.75) is 27.2 Å². The van der Waals surface area contributed by atoms with Crippen molar-refractivity contribution in [2.24, 2.45) is 0 Å². The zero-order valence-corrected chi connectivity index (χ0v) is 15.7. The van der Waals surface area contributed by atoms with Gasteiger partial charge in [-0.15, -0.1) is 0 Å². The van der Waals surface area contributed by atoms with Gasteiger partial charge in [-0.25, -0.2) is 0 Å². The second-order valence-corrected chi connectivity index (χ2v) is 6.05. The first-order valence-corrected chi connectivity index (χ1v) is 8.97. The third kappa shape index (κ3) is 5.00. The lowest BCUT2D eigenvalue weighted by atomic mass is 10.1. The minimum Gasteiger partial charge on any atom is -0.384 e. The van der Waals surface area contributed by atoms with Crippen LogP contribution in [0.1, 0.15) is 31.4 Å². The van der Waals surface area contributed by atoms with E-state index in [1.807, 2.05) is 0 Å². The van der Waals surface area contributed by atoms with Crippen LogP contribution in [0, 0.1) is 18.3 Å². The smallest absolute Gasteiger partial charge is 0.226 e. The molecule has 0 heterocycles. The molecular weight excluding hydrogens is 324 g/mol. The molecule has 0 saturated carbocycles. The normalized spacial score (nSPS) is 10.1. The summed E-state index contributed by atoms with van der Waals surface area (Å²) in [6, 6.07) is 15.4. The van der Waals surface area contributed by atoms with Crippen LogP contribution in [-0.4, -0.2) is 25.5 Å². The van der Waals surface area contributed by atoms with Gasteiger partial charge in [0.1, 0.15) is 6.07 Å². The van der Waals surface area contributed by atoms with Gasteiger partial charge < -0.3 is 15.5 Å². The van der Waals surface area contributed by atoms with Crippen molar-refractivity contribution in [3.63, 3.8) is 0 Å². The van der Waals surface area contributed by atoms with E-state index in [1.54, 1.807) is 24.3 Å². The molecule has 26 heavy (non-hydrogen) atoms. The number of aryl methyl sites for hydroxylation is 1. The second kappa shape index (κ2) is 9.47. The van der Waals surface area contributed by atoms with E-state index >= 15 is 0 Å². The standard InChI is InChI=1S/C21H26N4O/c1-4-25(5-2)18-10-11-19(16(3)14-18)23-13-12-21(26)24-20-9-7-6-8-17(20)15-22/h6-11,14,23H,4-5,12-13H2,1-3H3,(H,24,26). The van der Waals surface area contributed by atoms with Gasteiger partial charge in [0.15, 0.2) is 0 Å². The maximum atomic E-state index is 12.1. The highest BCUT2D eigenvalue weighted by atomic mass is 16.1. The highest BCUT2D eigenvalue weighted by Crippen LogP contribution is 2.22. The number of nitrogens with zero attached hydrogens (tertiary/aromatic N) is 2. The molecule has 0 radical (unpaired) electrons. The summed E-state index contributed by atoms with van der Waals surface area (Å²) in [6.07, 6.45) is 0.330. The Morgan fingerprint density at radius 2 is 1.85 bits per heavy atom. The lowest BCUT2D eigenvalue weighted by Gasteiger charge is -2.22. The Bertz CT molecular complexity index is 791. The van der Waals surface area contributed by atoms with Gasteiger partial charge in [-0.3, -0.25) is 4.79 Å². The summed E-state index contributed by atoms with van der Waals surface area (Å²) < 4.78 is 0. The van der Waals surface area contributed by atoms with E-state index in [9.17, 15) is 4.79 Å². The summed E-state index contributed by atoms with van der Waals surface area (Å²) in [5, 5.41) is 15.2. The van der Waals surface area contributed by atoms with E-state index in [2.05, 4.69) is 60.6 Å². The van der Waals surface area contributed by atoms with Gasteiger partial charge in [-0.1, -0.05) is 12.1 Å². The molecule has 0 aliphatic carbocycles. The minimum atomic E-state index is -0.113. The third-order valence-electron chi connectivity index (χ3n) is 4.33. The van der Waals surface area contributed by atoms with Gasteiger partial charge in [-0.2, -0.15) is 5.26 Å². The third-order valence-corrected chi connectivity index (χ3v) is 4.33. The molecule has 0 unspecified atom stereocenters. The van der Waals surface area contributed by atoms with Gasteiger partial charge in [-0.05, 0) is 56.7 Å². The van der Waals surface area contributed by atoms with Crippen LogP contribution >= 0.6 is 0 Å². The Kier molecular flexibility index (Phi) is 7.04. The molecule has 1 amide bonds. The summed E-state index contributed by atoms with van der Waals surface area (Å²) in [7, 11) is 0. The first kappa shape index (κ1) is 19.3. The number of hydrogen-bond donors (Lipinski definition) is 2. The summed E-state index contributed by atoms with van der Waals surface area (Å²) in [6.45, 7) is 8.85. The predicted molar refractivity (Wildman–Crippen MR) is 108 cm³/mol. The van der Waals surface area contributed by atoms with Crippen molar-refractivity contribution in [1.29, 1.82) is 5.26 Å². The van der Waals surface area contributed by atoms with Crippen molar-refractivity contribution >= 4 is 23.0 Å². The van der Waals surface area contributed by atoms with E-state index in [1.165, 1.54) is 5.69 Å². The van der Waals surface area contributed by atoms with Gasteiger partial charge in [0.2, 0.25) is 5.91 Å². The molecule has 2 aromatic carbocycles. The number of benzene rings is 2. The molecule has 0 spiro atoms. The number of hydrogen-bond acceptors (Lipinski definition) is 4. The van der Waals surface area contributed by atoms with Gasteiger partial charge >= 0.3 is 0 Å². The molecule has 0 bridgehead atoms. The fourth-order valence-corrected chi connectivity index (χ4v) is 2.84. The number of para-hydroxylation sites is 1. The molecule has 0 aliphatic heterocycles. The minimum absolute atomic E-state index is 0.113. The zero-order valence-electron chi connectivity index (χ0n) is 15.7. The van der Waals surface area contributed by atoms with Crippen LogP contribution in [0.5, 0.6) is 0 Å². The number of nitrogens with one attached hydrogen (secondary N) is 2. The van der Waals surface area contributed by atoms with Crippen molar-refractivity contribution < 1.29 is 4.79 Å². The van der Waals surface area contributed by atoms with Crippen LogP contribution in [-0.2, 0) is 4.79 Å². The zero-order chi connectivity index (χ0) is 18.9. The number of carbonyl (C=O) groups is 1. The first-order chi connectivity index (χ1) is 12.6. The number of nitriles is 1. The van der Waals surface area contributed by atoms with E-state index in [0.717, 1.165) is 24.3 Å². The van der Waals surface area contributed by atoms with Gasteiger partial charge in [0.25, 0.3) is 0 Å². The summed E-state index contributed by atoms with van der Waals surface area (Å²) in [4.78, 5) is 14.4. The van der Waals surface area contributed by atoms with Crippen molar-refractivity contribution in [3.05, 3.63) is 53.6 Å². The summed E-state index contributed by atoms with van der Waals surface area (Å²) in [5.41, 5.74) is 4.43. The molecule has 5 nitrogen and oxygen atoms in total. The maximum absolute atomic E-state index is 12.1. The van der Waals surface area contributed by atoms with Crippen LogP contribution in [0.15, 0.2) is 42.5 Å². The SMILES string of the molecule is CCN(CC)c1ccc(NCCC(=O)Nc2ccccc2C#N)c(C)c1. The Hall–Kier alpha value is -3.00. The van der Waals surface area contributed by atoms with Crippen LogP contribution in [0.25, 0.3) is 0 Å². The average molecular weight is 350 g/mol. The Balaban J connectivity index is 1.89. The lowest BCUT2D eigenvalue weighted by Crippen LogP contribution is -2.22. The molecule has 0 saturated heterocycles. The number of carbonyl (C=O) groups excluding carboxylic acids is 1. The van der Waals surface area contributed by atoms with E-state index in [4.69, 9.17) is 5.26 Å². The van der Waals surface area contributed by atoms with Gasteiger partial charge in [0, 0.05) is 37.4 Å².